The van der Waals surface area contributed by atoms with Crippen LogP contribution in [0, 0.1) is 0 Å². The van der Waals surface area contributed by atoms with Crippen molar-refractivity contribution in [3.8, 4) is 0 Å². The van der Waals surface area contributed by atoms with Crippen LogP contribution in [0.4, 0.5) is 0 Å². The van der Waals surface area contributed by atoms with Gasteiger partial charge < -0.3 is 15.6 Å². The molecule has 4 rings (SSSR count). The fourth-order valence-electron chi connectivity index (χ4n) is 2.84. The van der Waals surface area contributed by atoms with E-state index in [2.05, 4.69) is 60.5 Å². The molecule has 0 bridgehead atoms. The number of amidine groups is 1. The first kappa shape index (κ1) is 40.6. The second-order valence-electron chi connectivity index (χ2n) is 7.05. The van der Waals surface area contributed by atoms with Gasteiger partial charge in [0.25, 0.3) is 5.91 Å². The molecule has 1 aliphatic heterocycles. The number of nitrogens with zero attached hydrogens (tertiary/aromatic N) is 1. The molecule has 3 aromatic carbocycles. The number of aliphatic imine (C=N–C) groups is 1. The van der Waals surface area contributed by atoms with Gasteiger partial charge in [-0.1, -0.05) is 119 Å². The Kier molecular flexibility index (Phi) is 26.1. The molecule has 0 fully saturated rings. The number of ether oxygens (including phenoxy) is 1. The number of thioether (sulfide) groups is 1. The lowest BCUT2D eigenvalue weighted by molar-refractivity contribution is -0.140. The van der Waals surface area contributed by atoms with E-state index < -0.39 is 5.97 Å². The first-order valence-corrected chi connectivity index (χ1v) is 15.6. The van der Waals surface area contributed by atoms with E-state index in [1.54, 1.807) is 12.1 Å². The van der Waals surface area contributed by atoms with Crippen molar-refractivity contribution in [2.75, 3.05) is 26.3 Å². The van der Waals surface area contributed by atoms with Crippen LogP contribution in [-0.2, 0) is 25.5 Å². The van der Waals surface area contributed by atoms with Gasteiger partial charge in [0.05, 0.1) is 13.5 Å². The number of nitrogens with two attached hydrogens (primary N) is 1. The van der Waals surface area contributed by atoms with Gasteiger partial charge in [0.1, 0.15) is 10.1 Å². The average Bonchev–Trinajstić information content (AvgIpc) is 3.38. The van der Waals surface area contributed by atoms with E-state index in [0.717, 1.165) is 16.7 Å². The van der Waals surface area contributed by atoms with Crippen LogP contribution in [0.2, 0.25) is 0 Å². The maximum atomic E-state index is 11.3. The standard InChI is InChI=1S/C9H9BrO2.C9H8N2OS.C8H8O2.3CH3Cl/c1-12-9(11)8(10)7-5-3-2-4-6-7;10-9-11-8(12)7(13-9)6-4-2-1-3-5-6;9-8(10)6-7-4-2-1-3-5-7;3*1-2/h2-6,8H,1H3;1-5,7H,(H2,10,11,12);1-5H,6H2,(H,9,10);3*1H3. The molecule has 0 aliphatic carbocycles. The first-order chi connectivity index (χ1) is 19.8. The molecule has 2 unspecified atom stereocenters. The lowest BCUT2D eigenvalue weighted by Crippen LogP contribution is -2.07. The summed E-state index contributed by atoms with van der Waals surface area (Å²) in [5.74, 6) is -1.22. The van der Waals surface area contributed by atoms with Crippen LogP contribution >= 0.6 is 62.5 Å². The fourth-order valence-corrected chi connectivity index (χ4v) is 4.16. The molecule has 0 spiro atoms. The van der Waals surface area contributed by atoms with E-state index in [1.807, 2.05) is 78.9 Å². The summed E-state index contributed by atoms with van der Waals surface area (Å²) in [6.45, 7) is 0. The van der Waals surface area contributed by atoms with Crippen molar-refractivity contribution in [3.63, 3.8) is 0 Å². The number of carbonyl (C=O) groups is 3. The summed E-state index contributed by atoms with van der Waals surface area (Å²) in [7, 11) is 1.37. The van der Waals surface area contributed by atoms with Gasteiger partial charge in [-0.3, -0.25) is 14.4 Å². The second kappa shape index (κ2) is 26.3. The second-order valence-corrected chi connectivity index (χ2v) is 9.09. The molecule has 0 aromatic heterocycles. The monoisotopic (exact) mass is 706 g/mol. The molecule has 41 heavy (non-hydrogen) atoms. The van der Waals surface area contributed by atoms with Gasteiger partial charge in [-0.05, 0) is 16.7 Å². The number of esters is 1. The van der Waals surface area contributed by atoms with Crippen molar-refractivity contribution in [3.05, 3.63) is 108 Å². The normalized spacial score (nSPS) is 13.1. The minimum atomic E-state index is -0.786. The predicted molar refractivity (Wildman–Crippen MR) is 177 cm³/mol. The molecule has 12 heteroatoms. The topological polar surface area (TPSA) is 119 Å². The van der Waals surface area contributed by atoms with Crippen LogP contribution in [-0.4, -0.2) is 54.4 Å². The third kappa shape index (κ3) is 17.8. The molecule has 1 amide bonds. The highest BCUT2D eigenvalue weighted by molar-refractivity contribution is 9.09. The highest BCUT2D eigenvalue weighted by Crippen LogP contribution is 2.34. The summed E-state index contributed by atoms with van der Waals surface area (Å²) in [5.41, 5.74) is 8.15. The lowest BCUT2D eigenvalue weighted by atomic mass is 10.1. The summed E-state index contributed by atoms with van der Waals surface area (Å²) < 4.78 is 4.58. The number of amides is 1. The molecular formula is C29H34BrCl3N2O5S. The number of carbonyl (C=O) groups excluding carboxylic acids is 2. The van der Waals surface area contributed by atoms with Gasteiger partial charge in [0.15, 0.2) is 5.17 Å². The van der Waals surface area contributed by atoms with Crippen LogP contribution < -0.4 is 5.73 Å². The number of hydrogen-bond donors (Lipinski definition) is 2. The number of hydrogen-bond acceptors (Lipinski definition) is 6. The molecule has 3 aromatic rings. The van der Waals surface area contributed by atoms with Crippen molar-refractivity contribution in [1.29, 1.82) is 0 Å². The van der Waals surface area contributed by atoms with E-state index in [4.69, 9.17) is 10.8 Å². The Morgan fingerprint density at radius 2 is 1.34 bits per heavy atom. The van der Waals surface area contributed by atoms with Crippen LogP contribution in [0.25, 0.3) is 0 Å². The largest absolute Gasteiger partial charge is 0.481 e. The van der Waals surface area contributed by atoms with Gasteiger partial charge >= 0.3 is 11.9 Å². The first-order valence-electron chi connectivity index (χ1n) is 11.6. The Labute approximate surface area is 269 Å². The third-order valence-electron chi connectivity index (χ3n) is 4.48. The maximum Gasteiger partial charge on any atom is 0.323 e. The molecular weight excluding hydrogens is 675 g/mol. The summed E-state index contributed by atoms with van der Waals surface area (Å²) in [4.78, 5) is 35.8. The highest BCUT2D eigenvalue weighted by atomic mass is 79.9. The summed E-state index contributed by atoms with van der Waals surface area (Å²) in [5, 5.41) is 8.49. The average molecular weight is 709 g/mol. The number of halogens is 4. The van der Waals surface area contributed by atoms with Gasteiger partial charge in [0, 0.05) is 19.1 Å². The van der Waals surface area contributed by atoms with Crippen LogP contribution in [0.5, 0.6) is 0 Å². The van der Waals surface area contributed by atoms with Crippen LogP contribution in [0.15, 0.2) is 96.0 Å². The van der Waals surface area contributed by atoms with E-state index in [0.29, 0.717) is 5.17 Å². The Balaban J connectivity index is 0. The number of aliphatic carboxylic acids is 1. The SMILES string of the molecule is CCl.CCl.CCl.COC(=O)C(Br)c1ccccc1.NC1=NC(=O)C(c2ccccc2)S1.O=C(O)Cc1ccccc1. The minimum absolute atomic E-state index is 0.112. The van der Waals surface area contributed by atoms with Gasteiger partial charge in [0.2, 0.25) is 0 Å². The van der Waals surface area contributed by atoms with Gasteiger partial charge in [-0.25, -0.2) is 0 Å². The van der Waals surface area contributed by atoms with Crippen molar-refractivity contribution in [2.24, 2.45) is 10.7 Å². The molecule has 3 N–H and O–H groups in total. The Hall–Kier alpha value is -2.56. The summed E-state index contributed by atoms with van der Waals surface area (Å²) in [6, 6.07) is 28.1. The number of carboxylic acid groups (broad SMARTS) is 1. The Morgan fingerprint density at radius 1 is 0.902 bits per heavy atom. The number of rotatable bonds is 5. The fraction of sp³-hybridized carbons (Fsp3) is 0.241. The number of benzene rings is 3. The van der Waals surface area contributed by atoms with Gasteiger partial charge in [-0.2, -0.15) is 4.99 Å². The van der Waals surface area contributed by atoms with E-state index in [9.17, 15) is 14.4 Å². The quantitative estimate of drug-likeness (QED) is 0.208. The molecule has 0 saturated carbocycles. The number of methoxy groups -OCH3 is 1. The lowest BCUT2D eigenvalue weighted by Gasteiger charge is -2.06. The number of alkyl halides is 4. The van der Waals surface area contributed by atoms with Crippen LogP contribution in [0.1, 0.15) is 26.8 Å². The molecule has 224 valence electrons. The maximum absolute atomic E-state index is 11.3. The van der Waals surface area contributed by atoms with Crippen molar-refractivity contribution in [1.82, 2.24) is 0 Å². The third-order valence-corrected chi connectivity index (χ3v) is 6.43. The van der Waals surface area contributed by atoms with Crippen molar-refractivity contribution >= 4 is 85.5 Å². The van der Waals surface area contributed by atoms with Crippen molar-refractivity contribution < 1.29 is 24.2 Å². The van der Waals surface area contributed by atoms with E-state index >= 15 is 0 Å². The van der Waals surface area contributed by atoms with E-state index in [1.165, 1.54) is 38.0 Å². The Bertz CT molecular complexity index is 1140. The number of carboxylic acids is 1. The zero-order valence-corrected chi connectivity index (χ0v) is 27.7. The minimum Gasteiger partial charge on any atom is -0.481 e. The predicted octanol–water partition coefficient (Wildman–Crippen LogP) is 7.49. The molecule has 7 nitrogen and oxygen atoms in total. The summed E-state index contributed by atoms with van der Waals surface area (Å²) in [6.07, 6.45) is 4.53. The van der Waals surface area contributed by atoms with Crippen LogP contribution in [0.3, 0.4) is 0 Å². The molecule has 0 radical (unpaired) electrons. The molecule has 2 atom stereocenters. The molecule has 0 saturated heterocycles. The van der Waals surface area contributed by atoms with E-state index in [-0.39, 0.29) is 28.4 Å². The summed E-state index contributed by atoms with van der Waals surface area (Å²) >= 11 is 18.5. The molecule has 1 aliphatic rings. The zero-order chi connectivity index (χ0) is 31.6. The molecule has 1 heterocycles. The van der Waals surface area contributed by atoms with Gasteiger partial charge in [-0.15, -0.1) is 34.8 Å². The smallest absolute Gasteiger partial charge is 0.323 e. The highest BCUT2D eigenvalue weighted by Gasteiger charge is 2.28. The van der Waals surface area contributed by atoms with Crippen molar-refractivity contribution in [2.45, 2.75) is 16.5 Å². The zero-order valence-electron chi connectivity index (χ0n) is 23.0. The Morgan fingerprint density at radius 3 is 1.73 bits per heavy atom.